The topological polar surface area (TPSA) is 110 Å². The molecule has 2 aromatic carbocycles. The van der Waals surface area contributed by atoms with Crippen LogP contribution in [-0.2, 0) is 19.7 Å². The average Bonchev–Trinajstić information content (AvgIpc) is 3.35. The number of hydrogen-bond acceptors (Lipinski definition) is 6. The summed E-state index contributed by atoms with van der Waals surface area (Å²) in [6, 6.07) is 15.0. The summed E-state index contributed by atoms with van der Waals surface area (Å²) in [4.78, 5) is 34.4. The highest BCUT2D eigenvalue weighted by Crippen LogP contribution is 2.62. The first kappa shape index (κ1) is 17.8. The van der Waals surface area contributed by atoms with Crippen LogP contribution in [0.1, 0.15) is 23.6 Å². The zero-order chi connectivity index (χ0) is 20.2. The number of fused-ring (bicyclic) bond motifs is 3. The highest BCUT2D eigenvalue weighted by atomic mass is 32.2. The van der Waals surface area contributed by atoms with Crippen LogP contribution in [0, 0.1) is 0 Å². The summed E-state index contributed by atoms with van der Waals surface area (Å²) in [7, 11) is 0. The number of ether oxygens (including phenoxy) is 1. The molecule has 29 heavy (non-hydrogen) atoms. The quantitative estimate of drug-likeness (QED) is 0.577. The first-order valence-electron chi connectivity index (χ1n) is 9.27. The molecule has 4 N–H and O–H groups in total. The van der Waals surface area contributed by atoms with Crippen molar-refractivity contribution in [2.24, 2.45) is 5.73 Å². The fourth-order valence-corrected chi connectivity index (χ4v) is 5.58. The first-order chi connectivity index (χ1) is 14.1. The van der Waals surface area contributed by atoms with E-state index < -0.39 is 16.6 Å². The Bertz CT molecular complexity index is 1170. The number of benzene rings is 2. The number of rotatable bonds is 3. The van der Waals surface area contributed by atoms with Gasteiger partial charge in [-0.25, -0.2) is 9.78 Å². The maximum absolute atomic E-state index is 13.5. The second-order valence-electron chi connectivity index (χ2n) is 6.90. The summed E-state index contributed by atoms with van der Waals surface area (Å²) in [6.45, 7) is 1.91. The summed E-state index contributed by atoms with van der Waals surface area (Å²) in [5, 5.41) is 2.67. The Hall–Kier alpha value is -3.26. The van der Waals surface area contributed by atoms with Gasteiger partial charge in [-0.15, -0.1) is 0 Å². The number of anilines is 1. The van der Waals surface area contributed by atoms with E-state index in [-0.39, 0.29) is 23.1 Å². The van der Waals surface area contributed by atoms with Crippen LogP contribution in [-0.4, -0.2) is 28.5 Å². The van der Waals surface area contributed by atoms with Gasteiger partial charge < -0.3 is 20.8 Å². The summed E-state index contributed by atoms with van der Waals surface area (Å²) >= 11 is 1.26. The molecule has 0 fully saturated rings. The van der Waals surface area contributed by atoms with Gasteiger partial charge in [-0.2, -0.15) is 0 Å². The zero-order valence-corrected chi connectivity index (χ0v) is 16.4. The minimum absolute atomic E-state index is 0.178. The molecule has 2 aliphatic rings. The Morgan fingerprint density at radius 1 is 1.24 bits per heavy atom. The Labute approximate surface area is 170 Å². The standard InChI is InChI=1S/C21H18N4O3S/c1-2-28-19(26)15-17(22)29-16(18-23-13-9-5-6-10-14(13)24-18)21(15)11-7-3-4-8-12(11)25-20(21)27/h3-10,16H,2,22H2,1H3,(H,23,24)(H,25,27). The molecule has 8 heteroatoms. The number of nitrogens with two attached hydrogens (primary N) is 1. The fraction of sp³-hybridized carbons (Fsp3) is 0.190. The highest BCUT2D eigenvalue weighted by molar-refractivity contribution is 8.03. The van der Waals surface area contributed by atoms with E-state index in [0.717, 1.165) is 11.0 Å². The molecule has 3 aromatic rings. The van der Waals surface area contributed by atoms with Crippen LogP contribution < -0.4 is 11.1 Å². The maximum Gasteiger partial charge on any atom is 0.338 e. The van der Waals surface area contributed by atoms with Crippen molar-refractivity contribution in [1.82, 2.24) is 9.97 Å². The van der Waals surface area contributed by atoms with Crippen molar-refractivity contribution >= 4 is 40.4 Å². The molecule has 7 nitrogen and oxygen atoms in total. The number of thioether (sulfide) groups is 1. The zero-order valence-electron chi connectivity index (χ0n) is 15.6. The number of aromatic nitrogens is 2. The molecule has 1 amide bonds. The number of carbonyl (C=O) groups is 2. The summed E-state index contributed by atoms with van der Waals surface area (Å²) in [5.41, 5.74) is 8.19. The van der Waals surface area contributed by atoms with Crippen molar-refractivity contribution in [3.05, 3.63) is 70.5 Å². The van der Waals surface area contributed by atoms with Crippen LogP contribution in [0.5, 0.6) is 0 Å². The van der Waals surface area contributed by atoms with Gasteiger partial charge in [0.15, 0.2) is 0 Å². The van der Waals surface area contributed by atoms with Gasteiger partial charge in [0.25, 0.3) is 0 Å². The Kier molecular flexibility index (Phi) is 3.92. The lowest BCUT2D eigenvalue weighted by molar-refractivity contribution is -0.140. The molecular weight excluding hydrogens is 388 g/mol. The van der Waals surface area contributed by atoms with Crippen LogP contribution >= 0.6 is 11.8 Å². The normalized spacial score (nSPS) is 22.9. The molecular formula is C21H18N4O3S. The van der Waals surface area contributed by atoms with Gasteiger partial charge in [-0.3, -0.25) is 4.79 Å². The molecule has 0 bridgehead atoms. The summed E-state index contributed by atoms with van der Waals surface area (Å²) < 4.78 is 5.29. The predicted molar refractivity (Wildman–Crippen MR) is 111 cm³/mol. The molecule has 146 valence electrons. The van der Waals surface area contributed by atoms with E-state index >= 15 is 0 Å². The van der Waals surface area contributed by atoms with Crippen LogP contribution in [0.4, 0.5) is 5.69 Å². The fourth-order valence-electron chi connectivity index (χ4n) is 4.21. The van der Waals surface area contributed by atoms with Gasteiger partial charge in [0.2, 0.25) is 5.91 Å². The van der Waals surface area contributed by atoms with Crippen molar-refractivity contribution in [1.29, 1.82) is 0 Å². The number of imidazole rings is 1. The van der Waals surface area contributed by atoms with Crippen LogP contribution in [0.15, 0.2) is 59.1 Å². The van der Waals surface area contributed by atoms with Gasteiger partial charge in [-0.05, 0) is 30.7 Å². The van der Waals surface area contributed by atoms with E-state index in [1.54, 1.807) is 6.92 Å². The molecule has 1 spiro atoms. The molecule has 2 unspecified atom stereocenters. The van der Waals surface area contributed by atoms with Crippen molar-refractivity contribution in [2.75, 3.05) is 11.9 Å². The lowest BCUT2D eigenvalue weighted by atomic mass is 9.72. The Morgan fingerprint density at radius 2 is 2.00 bits per heavy atom. The van der Waals surface area contributed by atoms with Crippen molar-refractivity contribution < 1.29 is 14.3 Å². The SMILES string of the molecule is CCOC(=O)C1=C(N)SC(c2nc3ccccc3[nH]2)C12C(=O)Nc1ccccc12. The number of para-hydroxylation sites is 3. The second-order valence-corrected chi connectivity index (χ2v) is 8.05. The van der Waals surface area contributed by atoms with Gasteiger partial charge in [0.05, 0.1) is 33.5 Å². The van der Waals surface area contributed by atoms with Gasteiger partial charge >= 0.3 is 5.97 Å². The molecule has 0 saturated carbocycles. The molecule has 3 heterocycles. The first-order valence-corrected chi connectivity index (χ1v) is 10.1. The van der Waals surface area contributed by atoms with Crippen LogP contribution in [0.3, 0.4) is 0 Å². The largest absolute Gasteiger partial charge is 0.463 e. The van der Waals surface area contributed by atoms with Gasteiger partial charge in [0.1, 0.15) is 11.2 Å². The lowest BCUT2D eigenvalue weighted by Crippen LogP contribution is -2.42. The lowest BCUT2D eigenvalue weighted by Gasteiger charge is -2.29. The molecule has 2 atom stereocenters. The van der Waals surface area contributed by atoms with Crippen LogP contribution in [0.25, 0.3) is 11.0 Å². The predicted octanol–water partition coefficient (Wildman–Crippen LogP) is 2.97. The molecule has 0 saturated heterocycles. The Balaban J connectivity index is 1.77. The monoisotopic (exact) mass is 406 g/mol. The summed E-state index contributed by atoms with van der Waals surface area (Å²) in [6.07, 6.45) is 0. The number of amides is 1. The summed E-state index contributed by atoms with van der Waals surface area (Å²) in [5.74, 6) is -0.298. The van der Waals surface area contributed by atoms with Crippen molar-refractivity contribution in [3.8, 4) is 0 Å². The van der Waals surface area contributed by atoms with E-state index in [4.69, 9.17) is 15.5 Å². The smallest absolute Gasteiger partial charge is 0.338 e. The number of hydrogen-bond donors (Lipinski definition) is 3. The molecule has 0 radical (unpaired) electrons. The third-order valence-corrected chi connectivity index (χ3v) is 6.64. The highest BCUT2D eigenvalue weighted by Gasteiger charge is 2.63. The van der Waals surface area contributed by atoms with E-state index in [1.165, 1.54) is 11.8 Å². The number of esters is 1. The van der Waals surface area contributed by atoms with Gasteiger partial charge in [0, 0.05) is 5.69 Å². The minimum Gasteiger partial charge on any atom is -0.463 e. The third kappa shape index (κ3) is 2.35. The number of carbonyl (C=O) groups excluding carboxylic acids is 2. The third-order valence-electron chi connectivity index (χ3n) is 5.37. The number of nitrogens with zero attached hydrogens (tertiary/aromatic N) is 1. The molecule has 1 aromatic heterocycles. The number of H-pyrrole nitrogens is 1. The van der Waals surface area contributed by atoms with Crippen molar-refractivity contribution in [2.45, 2.75) is 17.6 Å². The van der Waals surface area contributed by atoms with E-state index in [0.29, 0.717) is 17.1 Å². The van der Waals surface area contributed by atoms with Crippen molar-refractivity contribution in [3.63, 3.8) is 0 Å². The van der Waals surface area contributed by atoms with E-state index in [1.807, 2.05) is 48.5 Å². The maximum atomic E-state index is 13.5. The van der Waals surface area contributed by atoms with Crippen LogP contribution in [0.2, 0.25) is 0 Å². The second kappa shape index (κ2) is 6.38. The molecule has 2 aliphatic heterocycles. The van der Waals surface area contributed by atoms with E-state index in [9.17, 15) is 9.59 Å². The molecule has 0 aliphatic carbocycles. The average molecular weight is 406 g/mol. The number of nitrogens with one attached hydrogen (secondary N) is 2. The molecule has 5 rings (SSSR count). The van der Waals surface area contributed by atoms with E-state index in [2.05, 4.69) is 10.3 Å². The number of aromatic amines is 1. The Morgan fingerprint density at radius 3 is 2.79 bits per heavy atom. The minimum atomic E-state index is -1.31. The van der Waals surface area contributed by atoms with Gasteiger partial charge in [-0.1, -0.05) is 42.1 Å².